The third kappa shape index (κ3) is 3.51. The molecule has 3 aromatic rings. The Kier molecular flexibility index (Phi) is 4.97. The fourth-order valence-electron chi connectivity index (χ4n) is 3.51. The van der Waals surface area contributed by atoms with Crippen LogP contribution in [0.5, 0.6) is 5.88 Å². The summed E-state index contributed by atoms with van der Waals surface area (Å²) in [5.41, 5.74) is 1.96. The number of aryl methyl sites for hydroxylation is 2. The highest BCUT2D eigenvalue weighted by atomic mass is 16.5. The lowest BCUT2D eigenvalue weighted by atomic mass is 10.1. The summed E-state index contributed by atoms with van der Waals surface area (Å²) in [5.74, 6) is 0.00120. The highest BCUT2D eigenvalue weighted by Crippen LogP contribution is 2.21. The number of aromatic amines is 1. The van der Waals surface area contributed by atoms with Gasteiger partial charge in [0.25, 0.3) is 5.91 Å². The van der Waals surface area contributed by atoms with Crippen LogP contribution in [0.1, 0.15) is 59.6 Å². The van der Waals surface area contributed by atoms with E-state index in [2.05, 4.69) is 15.6 Å². The van der Waals surface area contributed by atoms with Crippen molar-refractivity contribution >= 4 is 23.7 Å². The molecule has 30 heavy (non-hydrogen) atoms. The first kappa shape index (κ1) is 19.9. The van der Waals surface area contributed by atoms with Gasteiger partial charge in [0.2, 0.25) is 5.56 Å². The molecule has 0 radical (unpaired) electrons. The molecule has 9 heteroatoms. The molecule has 3 N–H and O–H groups in total. The van der Waals surface area contributed by atoms with Gasteiger partial charge in [0.15, 0.2) is 0 Å². The van der Waals surface area contributed by atoms with Crippen LogP contribution in [0.2, 0.25) is 0 Å². The molecule has 1 aliphatic rings. The summed E-state index contributed by atoms with van der Waals surface area (Å²) >= 11 is 0. The second-order valence-corrected chi connectivity index (χ2v) is 8.21. The first-order chi connectivity index (χ1) is 14.3. The summed E-state index contributed by atoms with van der Waals surface area (Å²) in [6, 6.07) is 0.0766. The Bertz CT molecular complexity index is 1190. The molecule has 0 spiro atoms. The van der Waals surface area contributed by atoms with Crippen molar-refractivity contribution in [2.75, 3.05) is 0 Å². The van der Waals surface area contributed by atoms with Gasteiger partial charge in [-0.2, -0.15) is 4.57 Å². The summed E-state index contributed by atoms with van der Waals surface area (Å²) in [7, 11) is 0. The van der Waals surface area contributed by atoms with Crippen LogP contribution >= 0.6 is 0 Å². The van der Waals surface area contributed by atoms with Crippen LogP contribution in [0.25, 0.3) is 17.8 Å². The average Bonchev–Trinajstić information content (AvgIpc) is 3.29. The van der Waals surface area contributed by atoms with Gasteiger partial charge >= 0.3 is 17.1 Å². The number of rotatable bonds is 6. The van der Waals surface area contributed by atoms with Gasteiger partial charge in [-0.1, -0.05) is 23.5 Å². The number of amides is 1. The maximum Gasteiger partial charge on any atom is 0.378 e. The van der Waals surface area contributed by atoms with Crippen LogP contribution in [-0.2, 0) is 6.54 Å². The maximum atomic E-state index is 13.0. The first-order valence-electron chi connectivity index (χ1n) is 10.1. The zero-order valence-electron chi connectivity index (χ0n) is 17.5. The monoisotopic (exact) mass is 412 g/mol. The van der Waals surface area contributed by atoms with Crippen LogP contribution in [0.3, 0.4) is 0 Å². The van der Waals surface area contributed by atoms with Crippen LogP contribution in [0, 0.1) is 19.8 Å². The Labute approximate surface area is 173 Å². The summed E-state index contributed by atoms with van der Waals surface area (Å²) in [6.45, 7) is 8.12. The smallest absolute Gasteiger partial charge is 0.378 e. The molecule has 1 aliphatic carbocycles. The number of H-pyrrole nitrogens is 1. The van der Waals surface area contributed by atoms with E-state index in [1.165, 1.54) is 4.52 Å². The van der Waals surface area contributed by atoms with E-state index in [0.717, 1.165) is 24.1 Å². The van der Waals surface area contributed by atoms with Crippen molar-refractivity contribution in [1.29, 1.82) is 0 Å². The average molecular weight is 412 g/mol. The summed E-state index contributed by atoms with van der Waals surface area (Å²) in [5, 5.41) is 20.6. The minimum Gasteiger partial charge on any atom is -0.477 e. The number of hydrogen-bond acceptors (Lipinski definition) is 5. The minimum atomic E-state index is -0.586. The van der Waals surface area contributed by atoms with Crippen molar-refractivity contribution in [2.24, 2.45) is 5.92 Å². The number of nitrogens with one attached hydrogen (secondary N) is 2. The Hall–Kier alpha value is -3.36. The predicted molar refractivity (Wildman–Crippen MR) is 110 cm³/mol. The standard InChI is InChI=1S/C21H25N5O4/c1-11(2)10-25-19-14(5-8-16-12(3)24-30-13(16)4)9-22-26(19)21(29)17(20(25)28)18(27)23-15-6-7-15/h5,8-9,11,15H,6-7,10H2,1-4H3,(H2,23,27,28,29)/p+1/b8-5+. The largest absolute Gasteiger partial charge is 0.477 e. The van der Waals surface area contributed by atoms with Gasteiger partial charge in [0.05, 0.1) is 24.0 Å². The molecule has 1 amide bonds. The van der Waals surface area contributed by atoms with Gasteiger partial charge in [0, 0.05) is 11.6 Å². The van der Waals surface area contributed by atoms with Crippen molar-refractivity contribution < 1.29 is 19.0 Å². The molecule has 0 saturated heterocycles. The Morgan fingerprint density at radius 1 is 1.43 bits per heavy atom. The van der Waals surface area contributed by atoms with E-state index in [9.17, 15) is 14.7 Å². The van der Waals surface area contributed by atoms with E-state index in [0.29, 0.717) is 23.5 Å². The van der Waals surface area contributed by atoms with E-state index < -0.39 is 11.5 Å². The van der Waals surface area contributed by atoms with Gasteiger partial charge < -0.3 is 14.9 Å². The third-order valence-electron chi connectivity index (χ3n) is 5.18. The lowest BCUT2D eigenvalue weighted by Gasteiger charge is -2.10. The van der Waals surface area contributed by atoms with E-state index in [1.807, 2.05) is 39.8 Å². The van der Waals surface area contributed by atoms with E-state index in [1.54, 1.807) is 10.8 Å². The topological polar surface area (TPSA) is 117 Å². The van der Waals surface area contributed by atoms with Gasteiger partial charge in [-0.05, 0) is 44.8 Å². The highest BCUT2D eigenvalue weighted by Gasteiger charge is 2.34. The van der Waals surface area contributed by atoms with Gasteiger partial charge in [0.1, 0.15) is 5.76 Å². The molecule has 3 heterocycles. The Balaban J connectivity index is 1.88. The number of carbonyl (C=O) groups excluding carboxylic acids is 1. The second kappa shape index (κ2) is 7.47. The number of nitrogens with zero attached hydrogens (tertiary/aromatic N) is 3. The molecule has 1 fully saturated rings. The third-order valence-corrected chi connectivity index (χ3v) is 5.18. The van der Waals surface area contributed by atoms with Crippen LogP contribution < -0.4 is 15.4 Å². The molecule has 3 aromatic heterocycles. The number of hydrogen-bond donors (Lipinski definition) is 3. The van der Waals surface area contributed by atoms with Crippen molar-refractivity contribution in [3.8, 4) is 5.88 Å². The normalized spacial score (nSPS) is 14.3. The number of carbonyl (C=O) groups is 1. The van der Waals surface area contributed by atoms with Crippen LogP contribution in [0.4, 0.5) is 0 Å². The summed E-state index contributed by atoms with van der Waals surface area (Å²) in [6.07, 6.45) is 7.14. The van der Waals surface area contributed by atoms with Crippen molar-refractivity contribution in [1.82, 2.24) is 20.1 Å². The van der Waals surface area contributed by atoms with Crippen molar-refractivity contribution in [2.45, 2.75) is 53.1 Å². The van der Waals surface area contributed by atoms with Gasteiger partial charge in [-0.15, -0.1) is 0 Å². The Morgan fingerprint density at radius 3 is 2.77 bits per heavy atom. The molecule has 0 aromatic carbocycles. The molecule has 9 nitrogen and oxygen atoms in total. The summed E-state index contributed by atoms with van der Waals surface area (Å²) < 4.78 is 8.10. The second-order valence-electron chi connectivity index (χ2n) is 8.21. The van der Waals surface area contributed by atoms with Crippen molar-refractivity contribution in [3.05, 3.63) is 44.7 Å². The maximum absolute atomic E-state index is 13.0. The zero-order chi connectivity index (χ0) is 21.6. The molecule has 0 bridgehead atoms. The molecule has 158 valence electrons. The molecule has 0 unspecified atom stereocenters. The highest BCUT2D eigenvalue weighted by molar-refractivity contribution is 5.96. The van der Waals surface area contributed by atoms with Gasteiger partial charge in [-0.25, -0.2) is 9.89 Å². The molecule has 4 rings (SSSR count). The van der Waals surface area contributed by atoms with E-state index >= 15 is 0 Å². The van der Waals surface area contributed by atoms with Crippen LogP contribution in [0.15, 0.2) is 15.5 Å². The van der Waals surface area contributed by atoms with E-state index in [4.69, 9.17) is 4.52 Å². The molecule has 0 atom stereocenters. The first-order valence-corrected chi connectivity index (χ1v) is 10.1. The molecule has 0 aliphatic heterocycles. The SMILES string of the molecule is Cc1noc(C)c1/C=C/c1c[nH]n2c(=O)c(C(=O)NC3CC3)c(O)[n+](CC(C)C)c12. The summed E-state index contributed by atoms with van der Waals surface area (Å²) in [4.78, 5) is 25.7. The predicted octanol–water partition coefficient (Wildman–Crippen LogP) is 1.94. The van der Waals surface area contributed by atoms with Gasteiger partial charge in [-0.3, -0.25) is 4.79 Å². The minimum absolute atomic E-state index is 0.0766. The fourth-order valence-corrected chi connectivity index (χ4v) is 3.51. The fraction of sp³-hybridized carbons (Fsp3) is 0.429. The lowest BCUT2D eigenvalue weighted by molar-refractivity contribution is -0.686. The number of aromatic nitrogens is 4. The zero-order valence-corrected chi connectivity index (χ0v) is 17.5. The quantitative estimate of drug-likeness (QED) is 0.535. The van der Waals surface area contributed by atoms with Crippen LogP contribution in [-0.4, -0.2) is 31.8 Å². The number of aromatic hydroxyl groups is 1. The molecular weight excluding hydrogens is 386 g/mol. The van der Waals surface area contributed by atoms with Crippen molar-refractivity contribution in [3.63, 3.8) is 0 Å². The molecular formula is C21H26N5O4+. The Morgan fingerprint density at radius 2 is 2.17 bits per heavy atom. The number of fused-ring (bicyclic) bond motifs is 1. The molecule has 1 saturated carbocycles. The lowest BCUT2D eigenvalue weighted by Crippen LogP contribution is -2.46. The van der Waals surface area contributed by atoms with E-state index in [-0.39, 0.29) is 23.4 Å².